The van der Waals surface area contributed by atoms with Crippen LogP contribution in [0.1, 0.15) is 19.8 Å². The van der Waals surface area contributed by atoms with E-state index in [1.165, 1.54) is 36.0 Å². The van der Waals surface area contributed by atoms with Crippen molar-refractivity contribution in [2.45, 2.75) is 34.1 Å². The quantitative estimate of drug-likeness (QED) is 0.601. The molecular weight excluding hydrogens is 376 g/mol. The van der Waals surface area contributed by atoms with Crippen molar-refractivity contribution >= 4 is 31.4 Å². The molecular formula is C18H22O4S3. The molecule has 0 bridgehead atoms. The maximum Gasteiger partial charge on any atom is 0.196 e. The van der Waals surface area contributed by atoms with E-state index < -0.39 is 24.3 Å². The summed E-state index contributed by atoms with van der Waals surface area (Å²) in [4.78, 5) is 0.0752. The van der Waals surface area contributed by atoms with Crippen LogP contribution in [0.25, 0.3) is 0 Å². The van der Waals surface area contributed by atoms with Crippen LogP contribution in [0, 0.1) is 0 Å². The summed E-state index contributed by atoms with van der Waals surface area (Å²) < 4.78 is 50.6. The second-order valence-electron chi connectivity index (χ2n) is 5.57. The number of hydrogen-bond donors (Lipinski definition) is 0. The molecule has 0 unspecified atom stereocenters. The number of rotatable bonds is 9. The summed E-state index contributed by atoms with van der Waals surface area (Å²) in [5.41, 5.74) is 0. The third kappa shape index (κ3) is 4.86. The molecule has 0 fully saturated rings. The van der Waals surface area contributed by atoms with E-state index in [2.05, 4.69) is 0 Å². The topological polar surface area (TPSA) is 68.3 Å². The molecule has 2 aromatic carbocycles. The van der Waals surface area contributed by atoms with Crippen molar-refractivity contribution in [1.82, 2.24) is 0 Å². The Bertz CT molecular complexity index is 792. The van der Waals surface area contributed by atoms with Crippen molar-refractivity contribution in [2.75, 3.05) is 11.5 Å². The van der Waals surface area contributed by atoms with Gasteiger partial charge in [-0.15, -0.1) is 0 Å². The van der Waals surface area contributed by atoms with Gasteiger partial charge in [0.25, 0.3) is 0 Å². The predicted octanol–water partition coefficient (Wildman–Crippen LogP) is 3.79. The first-order valence-corrected chi connectivity index (χ1v) is 12.3. The molecule has 0 heterocycles. The standard InChI is InChI=1S/C18H22O4S3/c1-2-3-14-23-15-18(24(19,20)16-10-6-4-7-11-16)25(21,22)17-12-8-5-9-13-17/h4-13,18H,2-3,14-15H2,1H3. The lowest BCUT2D eigenvalue weighted by atomic mass is 10.4. The molecule has 0 aliphatic carbocycles. The molecule has 2 rings (SSSR count). The Kier molecular flexibility index (Phi) is 7.10. The molecule has 0 aromatic heterocycles. The van der Waals surface area contributed by atoms with Crippen molar-refractivity contribution in [3.05, 3.63) is 60.7 Å². The molecule has 4 nitrogen and oxygen atoms in total. The first-order valence-electron chi connectivity index (χ1n) is 8.06. The molecule has 0 aliphatic rings. The number of sulfone groups is 2. The van der Waals surface area contributed by atoms with Crippen LogP contribution in [0.3, 0.4) is 0 Å². The molecule has 0 radical (unpaired) electrons. The van der Waals surface area contributed by atoms with Crippen LogP contribution < -0.4 is 0 Å². The SMILES string of the molecule is CCCCSCC(S(=O)(=O)c1ccccc1)S(=O)(=O)c1ccccc1. The van der Waals surface area contributed by atoms with Crippen LogP contribution in [0.2, 0.25) is 0 Å². The van der Waals surface area contributed by atoms with Crippen molar-refractivity contribution in [3.8, 4) is 0 Å². The fraction of sp³-hybridized carbons (Fsp3) is 0.333. The second kappa shape index (κ2) is 8.87. The predicted molar refractivity (Wildman–Crippen MR) is 103 cm³/mol. The first kappa shape index (κ1) is 20.0. The summed E-state index contributed by atoms with van der Waals surface area (Å²) in [6.45, 7) is 2.04. The van der Waals surface area contributed by atoms with Gasteiger partial charge in [-0.25, -0.2) is 16.8 Å². The van der Waals surface area contributed by atoms with Crippen LogP contribution in [-0.2, 0) is 19.7 Å². The van der Waals surface area contributed by atoms with E-state index in [1.807, 2.05) is 6.92 Å². The van der Waals surface area contributed by atoms with Crippen molar-refractivity contribution < 1.29 is 16.8 Å². The summed E-state index contributed by atoms with van der Waals surface area (Å²) in [5, 5.41) is 0. The van der Waals surface area contributed by atoms with Gasteiger partial charge in [-0.3, -0.25) is 0 Å². The Morgan fingerprint density at radius 2 is 1.24 bits per heavy atom. The first-order chi connectivity index (χ1) is 11.9. The highest BCUT2D eigenvalue weighted by Gasteiger charge is 2.39. The van der Waals surface area contributed by atoms with Crippen LogP contribution in [0.15, 0.2) is 70.5 Å². The molecule has 0 saturated carbocycles. The third-order valence-corrected chi connectivity index (χ3v) is 10.4. The fourth-order valence-electron chi connectivity index (χ4n) is 2.30. The zero-order valence-corrected chi connectivity index (χ0v) is 16.5. The van der Waals surface area contributed by atoms with Gasteiger partial charge < -0.3 is 0 Å². The number of thioether (sulfide) groups is 1. The lowest BCUT2D eigenvalue weighted by Gasteiger charge is -2.18. The van der Waals surface area contributed by atoms with Gasteiger partial charge in [-0.2, -0.15) is 11.8 Å². The average Bonchev–Trinajstić information content (AvgIpc) is 2.62. The maximum atomic E-state index is 13.0. The molecule has 136 valence electrons. The number of unbranched alkanes of at least 4 members (excludes halogenated alkanes) is 1. The number of benzene rings is 2. The minimum absolute atomic E-state index is 0.0223. The Balaban J connectivity index is 2.43. The van der Waals surface area contributed by atoms with E-state index in [1.54, 1.807) is 36.4 Å². The molecule has 0 atom stereocenters. The Morgan fingerprint density at radius 3 is 1.64 bits per heavy atom. The van der Waals surface area contributed by atoms with E-state index >= 15 is 0 Å². The van der Waals surface area contributed by atoms with E-state index in [-0.39, 0.29) is 15.5 Å². The van der Waals surface area contributed by atoms with E-state index in [4.69, 9.17) is 0 Å². The highest BCUT2D eigenvalue weighted by Crippen LogP contribution is 2.28. The molecule has 25 heavy (non-hydrogen) atoms. The molecule has 0 saturated heterocycles. The van der Waals surface area contributed by atoms with E-state index in [0.717, 1.165) is 18.6 Å². The monoisotopic (exact) mass is 398 g/mol. The van der Waals surface area contributed by atoms with Crippen molar-refractivity contribution in [1.29, 1.82) is 0 Å². The van der Waals surface area contributed by atoms with Crippen molar-refractivity contribution in [2.24, 2.45) is 0 Å². The van der Waals surface area contributed by atoms with Crippen LogP contribution in [0.4, 0.5) is 0 Å². The van der Waals surface area contributed by atoms with Gasteiger partial charge in [0.2, 0.25) is 0 Å². The number of hydrogen-bond acceptors (Lipinski definition) is 5. The van der Waals surface area contributed by atoms with Gasteiger partial charge in [0, 0.05) is 5.75 Å². The smallest absolute Gasteiger partial charge is 0.196 e. The largest absolute Gasteiger partial charge is 0.222 e. The highest BCUT2D eigenvalue weighted by molar-refractivity contribution is 8.11. The molecule has 7 heteroatoms. The minimum Gasteiger partial charge on any atom is -0.222 e. The van der Waals surface area contributed by atoms with Gasteiger partial charge in [0.1, 0.15) is 0 Å². The highest BCUT2D eigenvalue weighted by atomic mass is 32.3. The molecule has 0 aliphatic heterocycles. The van der Waals surface area contributed by atoms with Gasteiger partial charge in [-0.05, 0) is 36.4 Å². The summed E-state index contributed by atoms with van der Waals surface area (Å²) in [6, 6.07) is 15.6. The molecule has 0 spiro atoms. The van der Waals surface area contributed by atoms with Gasteiger partial charge in [-0.1, -0.05) is 49.7 Å². The van der Waals surface area contributed by atoms with Gasteiger partial charge in [0.05, 0.1) is 9.79 Å². The van der Waals surface area contributed by atoms with Crippen LogP contribution >= 0.6 is 11.8 Å². The Morgan fingerprint density at radius 1 is 0.800 bits per heavy atom. The van der Waals surface area contributed by atoms with Gasteiger partial charge >= 0.3 is 0 Å². The maximum absolute atomic E-state index is 13.0. The minimum atomic E-state index is -4.00. The Hall–Kier alpha value is -1.31. The summed E-state index contributed by atoms with van der Waals surface area (Å²) in [6.07, 6.45) is 1.91. The van der Waals surface area contributed by atoms with Gasteiger partial charge in [0.15, 0.2) is 24.3 Å². The van der Waals surface area contributed by atoms with Crippen LogP contribution in [-0.4, -0.2) is 32.9 Å². The summed E-state index contributed by atoms with van der Waals surface area (Å²) >= 11 is 1.37. The Labute approximate surface area is 154 Å². The molecule has 0 N–H and O–H groups in total. The second-order valence-corrected chi connectivity index (χ2v) is 11.3. The lowest BCUT2D eigenvalue weighted by molar-refractivity contribution is 0.578. The molecule has 2 aromatic rings. The zero-order valence-electron chi connectivity index (χ0n) is 14.0. The molecule has 0 amide bonds. The van der Waals surface area contributed by atoms with E-state index in [0.29, 0.717) is 0 Å². The summed E-state index contributed by atoms with van der Waals surface area (Å²) in [7, 11) is -8.01. The van der Waals surface area contributed by atoms with Crippen LogP contribution in [0.5, 0.6) is 0 Å². The average molecular weight is 399 g/mol. The zero-order chi connectivity index (χ0) is 18.3. The van der Waals surface area contributed by atoms with E-state index in [9.17, 15) is 16.8 Å². The lowest BCUT2D eigenvalue weighted by Crippen LogP contribution is -2.33. The normalized spacial score (nSPS) is 12.4. The third-order valence-electron chi connectivity index (χ3n) is 3.73. The van der Waals surface area contributed by atoms with Crippen molar-refractivity contribution in [3.63, 3.8) is 0 Å². The summed E-state index contributed by atoms with van der Waals surface area (Å²) in [5.74, 6) is 0.760. The fourth-order valence-corrected chi connectivity index (χ4v) is 8.84.